The molecule has 15 heavy (non-hydrogen) atoms. The summed E-state index contributed by atoms with van der Waals surface area (Å²) in [6, 6.07) is 3.98. The highest BCUT2D eigenvalue weighted by Crippen LogP contribution is 2.19. The summed E-state index contributed by atoms with van der Waals surface area (Å²) in [5, 5.41) is 5.96. The van der Waals surface area contributed by atoms with E-state index in [0.29, 0.717) is 18.2 Å². The van der Waals surface area contributed by atoms with Crippen molar-refractivity contribution in [3.05, 3.63) is 29.6 Å². The molecule has 0 bridgehead atoms. The molecule has 1 fully saturated rings. The van der Waals surface area contributed by atoms with Crippen LogP contribution in [-0.2, 0) is 6.54 Å². The normalized spacial score (nSPS) is 15.0. The quantitative estimate of drug-likeness (QED) is 0.760. The van der Waals surface area contributed by atoms with Crippen LogP contribution in [0, 0.1) is 0 Å². The first-order valence-electron chi connectivity index (χ1n) is 5.20. The van der Waals surface area contributed by atoms with E-state index in [2.05, 4.69) is 15.6 Å². The zero-order chi connectivity index (χ0) is 10.7. The van der Waals surface area contributed by atoms with Crippen LogP contribution in [0.3, 0.4) is 0 Å². The average molecular weight is 205 g/mol. The Balaban J connectivity index is 2.05. The monoisotopic (exact) mass is 205 g/mol. The predicted molar refractivity (Wildman–Crippen MR) is 57.5 cm³/mol. The Morgan fingerprint density at radius 1 is 1.60 bits per heavy atom. The summed E-state index contributed by atoms with van der Waals surface area (Å²) in [5.74, 6) is 0.0113. The first-order chi connectivity index (χ1) is 7.29. The van der Waals surface area contributed by atoms with Gasteiger partial charge in [0.1, 0.15) is 0 Å². The molecule has 1 aliphatic carbocycles. The molecule has 4 heteroatoms. The molecule has 1 saturated carbocycles. The van der Waals surface area contributed by atoms with Crippen molar-refractivity contribution >= 4 is 5.91 Å². The van der Waals surface area contributed by atoms with E-state index in [1.54, 1.807) is 12.3 Å². The molecular formula is C11H15N3O. The van der Waals surface area contributed by atoms with Crippen LogP contribution in [0.25, 0.3) is 0 Å². The standard InChI is InChI=1S/C11H15N3O/c1-12-7-10-6-8(4-5-13-10)11(15)14-9-2-3-9/h4-6,9,12H,2-3,7H2,1H3,(H,14,15). The second-order valence-electron chi connectivity index (χ2n) is 3.81. The third-order valence-electron chi connectivity index (χ3n) is 2.35. The predicted octanol–water partition coefficient (Wildman–Crippen LogP) is 0.693. The van der Waals surface area contributed by atoms with Crippen LogP contribution in [0.5, 0.6) is 0 Å². The van der Waals surface area contributed by atoms with E-state index in [4.69, 9.17) is 0 Å². The molecule has 80 valence electrons. The van der Waals surface area contributed by atoms with Crippen molar-refractivity contribution in [3.8, 4) is 0 Å². The minimum Gasteiger partial charge on any atom is -0.349 e. The van der Waals surface area contributed by atoms with Gasteiger partial charge in [-0.25, -0.2) is 0 Å². The van der Waals surface area contributed by atoms with Crippen LogP contribution in [-0.4, -0.2) is 24.0 Å². The fourth-order valence-corrected chi connectivity index (χ4v) is 1.39. The minimum absolute atomic E-state index is 0.0113. The van der Waals surface area contributed by atoms with E-state index >= 15 is 0 Å². The number of hydrogen-bond acceptors (Lipinski definition) is 3. The van der Waals surface area contributed by atoms with Crippen molar-refractivity contribution in [2.24, 2.45) is 0 Å². The van der Waals surface area contributed by atoms with E-state index in [-0.39, 0.29) is 5.91 Å². The second kappa shape index (κ2) is 4.40. The zero-order valence-electron chi connectivity index (χ0n) is 8.79. The molecule has 2 rings (SSSR count). The van der Waals surface area contributed by atoms with Crippen molar-refractivity contribution in [2.45, 2.75) is 25.4 Å². The number of nitrogens with zero attached hydrogens (tertiary/aromatic N) is 1. The van der Waals surface area contributed by atoms with Crippen LogP contribution in [0.4, 0.5) is 0 Å². The smallest absolute Gasteiger partial charge is 0.251 e. The van der Waals surface area contributed by atoms with Crippen molar-refractivity contribution in [2.75, 3.05) is 7.05 Å². The van der Waals surface area contributed by atoms with Gasteiger partial charge in [0.15, 0.2) is 0 Å². The largest absolute Gasteiger partial charge is 0.349 e. The third kappa shape index (κ3) is 2.76. The molecule has 4 nitrogen and oxygen atoms in total. The van der Waals surface area contributed by atoms with Gasteiger partial charge in [-0.2, -0.15) is 0 Å². The summed E-state index contributed by atoms with van der Waals surface area (Å²) in [5.41, 5.74) is 1.59. The summed E-state index contributed by atoms with van der Waals surface area (Å²) in [6.45, 7) is 0.685. The number of carbonyl (C=O) groups is 1. The van der Waals surface area contributed by atoms with E-state index in [9.17, 15) is 4.79 Å². The van der Waals surface area contributed by atoms with Gasteiger partial charge in [-0.1, -0.05) is 0 Å². The highest BCUT2D eigenvalue weighted by atomic mass is 16.1. The highest BCUT2D eigenvalue weighted by Gasteiger charge is 2.23. The molecule has 0 saturated heterocycles. The topological polar surface area (TPSA) is 54.0 Å². The molecule has 2 N–H and O–H groups in total. The van der Waals surface area contributed by atoms with Gasteiger partial charge in [-0.15, -0.1) is 0 Å². The number of carbonyl (C=O) groups excluding carboxylic acids is 1. The molecule has 0 spiro atoms. The van der Waals surface area contributed by atoms with E-state index in [1.165, 1.54) is 0 Å². The number of nitrogens with one attached hydrogen (secondary N) is 2. The van der Waals surface area contributed by atoms with E-state index in [1.807, 2.05) is 13.1 Å². The maximum Gasteiger partial charge on any atom is 0.251 e. The van der Waals surface area contributed by atoms with Gasteiger partial charge in [0, 0.05) is 24.3 Å². The van der Waals surface area contributed by atoms with Crippen molar-refractivity contribution in [1.29, 1.82) is 0 Å². The molecular weight excluding hydrogens is 190 g/mol. The van der Waals surface area contributed by atoms with Gasteiger partial charge in [0.25, 0.3) is 5.91 Å². The molecule has 1 amide bonds. The lowest BCUT2D eigenvalue weighted by Gasteiger charge is -2.04. The highest BCUT2D eigenvalue weighted by molar-refractivity contribution is 5.94. The van der Waals surface area contributed by atoms with Crippen molar-refractivity contribution in [3.63, 3.8) is 0 Å². The van der Waals surface area contributed by atoms with Crippen LogP contribution >= 0.6 is 0 Å². The van der Waals surface area contributed by atoms with Crippen molar-refractivity contribution < 1.29 is 4.79 Å². The van der Waals surface area contributed by atoms with Gasteiger partial charge in [-0.05, 0) is 32.0 Å². The molecule has 0 aliphatic heterocycles. The van der Waals surface area contributed by atoms with Crippen molar-refractivity contribution in [1.82, 2.24) is 15.6 Å². The number of pyridine rings is 1. The number of rotatable bonds is 4. The summed E-state index contributed by atoms with van der Waals surface area (Å²) < 4.78 is 0. The molecule has 0 aromatic carbocycles. The molecule has 1 aromatic heterocycles. The average Bonchev–Trinajstić information content (AvgIpc) is 3.03. The molecule has 0 unspecified atom stereocenters. The maximum absolute atomic E-state index is 11.7. The lowest BCUT2D eigenvalue weighted by atomic mass is 10.2. The van der Waals surface area contributed by atoms with E-state index < -0.39 is 0 Å². The van der Waals surface area contributed by atoms with Gasteiger partial charge in [0.2, 0.25) is 0 Å². The summed E-state index contributed by atoms with van der Waals surface area (Å²) >= 11 is 0. The Labute approximate surface area is 89.1 Å². The fraction of sp³-hybridized carbons (Fsp3) is 0.455. The molecule has 1 aliphatic rings. The molecule has 1 heterocycles. The lowest BCUT2D eigenvalue weighted by Crippen LogP contribution is -2.25. The number of amides is 1. The third-order valence-corrected chi connectivity index (χ3v) is 2.35. The lowest BCUT2D eigenvalue weighted by molar-refractivity contribution is 0.0951. The molecule has 0 atom stereocenters. The van der Waals surface area contributed by atoms with Crippen LogP contribution in [0.2, 0.25) is 0 Å². The van der Waals surface area contributed by atoms with Gasteiger partial charge in [0.05, 0.1) is 5.69 Å². The summed E-state index contributed by atoms with van der Waals surface area (Å²) in [4.78, 5) is 15.9. The van der Waals surface area contributed by atoms with Crippen LogP contribution in [0.15, 0.2) is 18.3 Å². The van der Waals surface area contributed by atoms with E-state index in [0.717, 1.165) is 18.5 Å². The minimum atomic E-state index is 0.0113. The first kappa shape index (κ1) is 10.1. The Hall–Kier alpha value is -1.42. The van der Waals surface area contributed by atoms with Gasteiger partial charge in [-0.3, -0.25) is 9.78 Å². The Bertz CT molecular complexity index is 361. The number of aromatic nitrogens is 1. The zero-order valence-corrected chi connectivity index (χ0v) is 8.79. The summed E-state index contributed by atoms with van der Waals surface area (Å²) in [7, 11) is 1.86. The maximum atomic E-state index is 11.7. The summed E-state index contributed by atoms with van der Waals surface area (Å²) in [6.07, 6.45) is 3.90. The van der Waals surface area contributed by atoms with Gasteiger partial charge < -0.3 is 10.6 Å². The Morgan fingerprint density at radius 3 is 3.07 bits per heavy atom. The Morgan fingerprint density at radius 2 is 2.40 bits per heavy atom. The Kier molecular flexibility index (Phi) is 2.97. The van der Waals surface area contributed by atoms with Gasteiger partial charge >= 0.3 is 0 Å². The van der Waals surface area contributed by atoms with Crippen LogP contribution < -0.4 is 10.6 Å². The fourth-order valence-electron chi connectivity index (χ4n) is 1.39. The molecule has 0 radical (unpaired) electrons. The number of hydrogen-bond donors (Lipinski definition) is 2. The molecule has 1 aromatic rings. The first-order valence-corrected chi connectivity index (χ1v) is 5.20. The second-order valence-corrected chi connectivity index (χ2v) is 3.81. The van der Waals surface area contributed by atoms with Crippen LogP contribution in [0.1, 0.15) is 28.9 Å². The SMILES string of the molecule is CNCc1cc(C(=O)NC2CC2)ccn1.